The highest BCUT2D eigenvalue weighted by molar-refractivity contribution is 6.12. The van der Waals surface area contributed by atoms with E-state index in [9.17, 15) is 0 Å². The SMILES string of the molecule is [2H]C([2H])([2H])c1cc(-n2c3ccc(-c4ccccc4)cc3c3cc(-c4ccccc4)c(Oc4cccc(N5CN(c6c(-c7ccccc7)cccc6-c6ccccc6)c6ccccc65)c4)cc32)ncc1-c1ccc(C(C)(C)C)cc1. The first-order chi connectivity index (χ1) is 38.4. The molecule has 0 atom stereocenters. The van der Waals surface area contributed by atoms with Crippen molar-refractivity contribution in [3.05, 3.63) is 266 Å². The zero-order valence-electron chi connectivity index (χ0n) is 45.7. The van der Waals surface area contributed by atoms with E-state index in [1.165, 1.54) is 5.56 Å². The number of aromatic nitrogens is 2. The molecule has 13 rings (SSSR count). The Morgan fingerprint density at radius 2 is 1.00 bits per heavy atom. The molecule has 0 aliphatic carbocycles. The maximum absolute atomic E-state index is 8.89. The highest BCUT2D eigenvalue weighted by Gasteiger charge is 2.32. The van der Waals surface area contributed by atoms with Crippen molar-refractivity contribution in [3.63, 3.8) is 0 Å². The van der Waals surface area contributed by atoms with Crippen molar-refractivity contribution in [1.29, 1.82) is 0 Å². The van der Waals surface area contributed by atoms with Gasteiger partial charge in [0.1, 0.15) is 24.0 Å². The van der Waals surface area contributed by atoms with Crippen molar-refractivity contribution >= 4 is 44.6 Å². The minimum atomic E-state index is -2.43. The van der Waals surface area contributed by atoms with Crippen LogP contribution in [-0.4, -0.2) is 16.2 Å². The van der Waals surface area contributed by atoms with Crippen LogP contribution in [0.25, 0.3) is 83.3 Å². The van der Waals surface area contributed by atoms with Crippen molar-refractivity contribution in [2.45, 2.75) is 33.0 Å². The van der Waals surface area contributed by atoms with E-state index in [1.54, 1.807) is 12.3 Å². The number of pyridine rings is 1. The highest BCUT2D eigenvalue weighted by atomic mass is 16.5. The van der Waals surface area contributed by atoms with Crippen LogP contribution in [0, 0.1) is 6.85 Å². The number of nitrogens with zero attached hydrogens (tertiary/aromatic N) is 4. The molecule has 0 amide bonds. The van der Waals surface area contributed by atoms with E-state index in [1.807, 2.05) is 30.3 Å². The molecule has 2 aromatic heterocycles. The molecule has 0 N–H and O–H groups in total. The van der Waals surface area contributed by atoms with Crippen LogP contribution in [0.2, 0.25) is 0 Å². The number of aryl methyl sites for hydroxylation is 1. The summed E-state index contributed by atoms with van der Waals surface area (Å²) in [6, 6.07) is 86.3. The number of para-hydroxylation sites is 3. The summed E-state index contributed by atoms with van der Waals surface area (Å²) < 4.78 is 36.0. The van der Waals surface area contributed by atoms with E-state index in [-0.39, 0.29) is 11.0 Å². The Balaban J connectivity index is 0.954. The topological polar surface area (TPSA) is 33.5 Å². The van der Waals surface area contributed by atoms with Gasteiger partial charge in [-0.3, -0.25) is 4.57 Å². The number of benzene rings is 10. The molecule has 1 aliphatic rings. The Morgan fingerprint density at radius 3 is 1.63 bits per heavy atom. The molecule has 5 heteroatoms. The fourth-order valence-corrected chi connectivity index (χ4v) is 11.0. The summed E-state index contributed by atoms with van der Waals surface area (Å²) in [5.74, 6) is 1.80. The lowest BCUT2D eigenvalue weighted by Gasteiger charge is -2.27. The lowest BCUT2D eigenvalue weighted by molar-refractivity contribution is 0.485. The number of hydrogen-bond donors (Lipinski definition) is 0. The molecule has 5 nitrogen and oxygen atoms in total. The Bertz CT molecular complexity index is 4150. The van der Waals surface area contributed by atoms with Gasteiger partial charge in [0, 0.05) is 61.2 Å². The van der Waals surface area contributed by atoms with E-state index in [4.69, 9.17) is 13.8 Å². The van der Waals surface area contributed by atoms with Gasteiger partial charge < -0.3 is 14.5 Å². The smallest absolute Gasteiger partial charge is 0.137 e. The normalized spacial score (nSPS) is 13.1. The molecule has 0 saturated heterocycles. The second kappa shape index (κ2) is 19.1. The van der Waals surface area contributed by atoms with Gasteiger partial charge in [0.25, 0.3) is 0 Å². The van der Waals surface area contributed by atoms with Crippen molar-refractivity contribution < 1.29 is 8.85 Å². The minimum Gasteiger partial charge on any atom is -0.457 e. The number of anilines is 4. The van der Waals surface area contributed by atoms with Crippen LogP contribution in [0.15, 0.2) is 255 Å². The molecule has 0 fully saturated rings. The molecule has 0 spiro atoms. The maximum Gasteiger partial charge on any atom is 0.137 e. The van der Waals surface area contributed by atoms with Gasteiger partial charge in [0.15, 0.2) is 0 Å². The molecule has 76 heavy (non-hydrogen) atoms. The van der Waals surface area contributed by atoms with Crippen molar-refractivity contribution in [2.75, 3.05) is 16.5 Å². The second-order valence-electron chi connectivity index (χ2n) is 20.6. The van der Waals surface area contributed by atoms with Gasteiger partial charge in [-0.15, -0.1) is 0 Å². The molecule has 10 aromatic carbocycles. The summed E-state index contributed by atoms with van der Waals surface area (Å²) in [4.78, 5) is 9.93. The average molecular weight is 984 g/mol. The van der Waals surface area contributed by atoms with Crippen LogP contribution in [0.3, 0.4) is 0 Å². The predicted octanol–water partition coefficient (Wildman–Crippen LogP) is 19.2. The Kier molecular flexibility index (Phi) is 10.8. The quantitative estimate of drug-likeness (QED) is 0.137. The summed E-state index contributed by atoms with van der Waals surface area (Å²) >= 11 is 0. The Labute approximate surface area is 449 Å². The van der Waals surface area contributed by atoms with Gasteiger partial charge in [0.05, 0.1) is 28.1 Å². The van der Waals surface area contributed by atoms with Gasteiger partial charge >= 0.3 is 0 Å². The summed E-state index contributed by atoms with van der Waals surface area (Å²) in [6.07, 6.45) is 1.72. The zero-order valence-corrected chi connectivity index (χ0v) is 42.7. The van der Waals surface area contributed by atoms with E-state index >= 15 is 0 Å². The first-order valence-corrected chi connectivity index (χ1v) is 26.0. The number of rotatable bonds is 10. The molecule has 0 bridgehead atoms. The Hall–Kier alpha value is -9.45. The van der Waals surface area contributed by atoms with Crippen LogP contribution in [0.4, 0.5) is 22.7 Å². The van der Waals surface area contributed by atoms with Gasteiger partial charge in [-0.05, 0) is 105 Å². The average Bonchev–Trinajstić information content (AvgIpc) is 4.27. The number of fused-ring (bicyclic) bond motifs is 4. The molecule has 366 valence electrons. The molecule has 3 heterocycles. The summed E-state index contributed by atoms with van der Waals surface area (Å²) in [5.41, 5.74) is 17.4. The third kappa shape index (κ3) is 8.46. The van der Waals surface area contributed by atoms with Crippen LogP contribution in [-0.2, 0) is 5.41 Å². The van der Waals surface area contributed by atoms with E-state index in [0.717, 1.165) is 94.6 Å². The van der Waals surface area contributed by atoms with Gasteiger partial charge in [0.2, 0.25) is 0 Å². The van der Waals surface area contributed by atoms with E-state index in [2.05, 4.69) is 247 Å². The largest absolute Gasteiger partial charge is 0.457 e. The molecular weight excluding hydrogens is 925 g/mol. The molecule has 0 unspecified atom stereocenters. The molecular formula is C71H56N4O. The fraction of sp³-hybridized carbons (Fsp3) is 0.0845. The summed E-state index contributed by atoms with van der Waals surface area (Å²) in [6.45, 7) is 4.65. The van der Waals surface area contributed by atoms with Crippen molar-refractivity contribution in [2.24, 2.45) is 0 Å². The molecule has 0 saturated carbocycles. The lowest BCUT2D eigenvalue weighted by Crippen LogP contribution is -2.24. The standard InChI is InChI=1S/C71H56N4O/c1-48-41-69(72-46-63(48)53-35-38-55(39-36-53)71(2,3)4)75-64-40-37-54(49-21-9-5-10-22-49)42-61(64)62-44-60(52-27-15-8-16-28-52)68(45-67(62)75)76-57-30-19-29-56(43-57)73-47-74(66-34-18-17-33-65(66)73)70-58(50-23-11-6-12-24-50)31-20-32-59(70)51-25-13-7-14-26-51/h5-46H,47H2,1-4H3/i1D3. The third-order valence-corrected chi connectivity index (χ3v) is 14.8. The fourth-order valence-electron chi connectivity index (χ4n) is 11.0. The van der Waals surface area contributed by atoms with Crippen LogP contribution >= 0.6 is 0 Å². The first-order valence-electron chi connectivity index (χ1n) is 27.5. The van der Waals surface area contributed by atoms with E-state index in [0.29, 0.717) is 29.5 Å². The van der Waals surface area contributed by atoms with Gasteiger partial charge in [-0.1, -0.05) is 209 Å². The van der Waals surface area contributed by atoms with Crippen LogP contribution in [0.5, 0.6) is 11.5 Å². The van der Waals surface area contributed by atoms with Gasteiger partial charge in [-0.25, -0.2) is 4.98 Å². The highest BCUT2D eigenvalue weighted by Crippen LogP contribution is 2.51. The van der Waals surface area contributed by atoms with Crippen LogP contribution in [0.1, 0.15) is 36.0 Å². The first kappa shape index (κ1) is 43.0. The Morgan fingerprint density at radius 1 is 0.447 bits per heavy atom. The number of ether oxygens (including phenoxy) is 1. The minimum absolute atomic E-state index is 0.0533. The lowest BCUT2D eigenvalue weighted by atomic mass is 9.86. The van der Waals surface area contributed by atoms with Crippen molar-refractivity contribution in [3.8, 4) is 73.0 Å². The van der Waals surface area contributed by atoms with Crippen molar-refractivity contribution in [1.82, 2.24) is 9.55 Å². The monoisotopic (exact) mass is 983 g/mol. The van der Waals surface area contributed by atoms with Crippen LogP contribution < -0.4 is 14.5 Å². The second-order valence-corrected chi connectivity index (χ2v) is 20.6. The summed E-state index contributed by atoms with van der Waals surface area (Å²) in [7, 11) is 0. The predicted molar refractivity (Wildman–Crippen MR) is 318 cm³/mol. The van der Waals surface area contributed by atoms with E-state index < -0.39 is 6.85 Å². The molecule has 0 radical (unpaired) electrons. The number of hydrogen-bond acceptors (Lipinski definition) is 4. The molecule has 1 aliphatic heterocycles. The third-order valence-electron chi connectivity index (χ3n) is 14.8. The zero-order chi connectivity index (χ0) is 53.8. The van der Waals surface area contributed by atoms with Gasteiger partial charge in [-0.2, -0.15) is 0 Å². The maximum atomic E-state index is 8.89. The molecule has 12 aromatic rings. The summed E-state index contributed by atoms with van der Waals surface area (Å²) in [5, 5.41) is 1.98.